The summed E-state index contributed by atoms with van der Waals surface area (Å²) in [6.07, 6.45) is 7.08. The summed E-state index contributed by atoms with van der Waals surface area (Å²) >= 11 is 0. The van der Waals surface area contributed by atoms with Crippen LogP contribution in [0.1, 0.15) is 43.7 Å². The monoisotopic (exact) mass is 243 g/mol. The van der Waals surface area contributed by atoms with Gasteiger partial charge in [0.25, 0.3) is 0 Å². The molecule has 3 fully saturated rings. The number of hydrogen-bond donors (Lipinski definition) is 1. The van der Waals surface area contributed by atoms with Crippen molar-refractivity contribution in [1.82, 2.24) is 0 Å². The molecule has 4 rings (SSSR count). The van der Waals surface area contributed by atoms with Crippen LogP contribution in [0, 0.1) is 17.8 Å². The molecular weight excluding hydrogens is 222 g/mol. The first-order valence-electron chi connectivity index (χ1n) is 7.32. The molecule has 0 amide bonds. The van der Waals surface area contributed by atoms with Crippen LogP contribution in [-0.4, -0.2) is 6.10 Å². The third kappa shape index (κ3) is 2.03. The molecule has 0 spiro atoms. The Bertz CT molecular complexity index is 427. The van der Waals surface area contributed by atoms with Gasteiger partial charge in [0.1, 0.15) is 5.75 Å². The highest BCUT2D eigenvalue weighted by Gasteiger charge is 2.47. The lowest BCUT2D eigenvalue weighted by Gasteiger charge is -2.21. The highest BCUT2D eigenvalue weighted by atomic mass is 16.5. The molecule has 0 radical (unpaired) electrons. The molecule has 0 aromatic heterocycles. The number of rotatable bonds is 4. The van der Waals surface area contributed by atoms with Crippen molar-refractivity contribution in [3.05, 3.63) is 29.8 Å². The standard InChI is InChI=1S/C16H21NO/c17-16(13-8-11-7-12(11)9-13)10-1-3-14(4-2-10)18-15-5-6-15/h1-4,11-13,15-16H,5-9,17H2. The second-order valence-electron chi connectivity index (χ2n) is 6.40. The summed E-state index contributed by atoms with van der Waals surface area (Å²) in [5, 5.41) is 0. The Labute approximate surface area is 109 Å². The van der Waals surface area contributed by atoms with Crippen LogP contribution in [0.2, 0.25) is 0 Å². The Balaban J connectivity index is 1.43. The third-order valence-corrected chi connectivity index (χ3v) is 4.88. The molecule has 0 aliphatic heterocycles. The molecule has 3 saturated carbocycles. The largest absolute Gasteiger partial charge is 0.490 e. The second-order valence-corrected chi connectivity index (χ2v) is 6.40. The topological polar surface area (TPSA) is 35.2 Å². The summed E-state index contributed by atoms with van der Waals surface area (Å²) in [6.45, 7) is 0. The smallest absolute Gasteiger partial charge is 0.119 e. The second kappa shape index (κ2) is 3.99. The van der Waals surface area contributed by atoms with Gasteiger partial charge in [-0.1, -0.05) is 12.1 Å². The average Bonchev–Trinajstić information content (AvgIpc) is 3.31. The van der Waals surface area contributed by atoms with Gasteiger partial charge in [0.15, 0.2) is 0 Å². The molecule has 1 aromatic carbocycles. The van der Waals surface area contributed by atoms with Crippen LogP contribution in [0.25, 0.3) is 0 Å². The molecule has 0 heterocycles. The van der Waals surface area contributed by atoms with Gasteiger partial charge in [-0.2, -0.15) is 0 Å². The van der Waals surface area contributed by atoms with E-state index < -0.39 is 0 Å². The molecule has 3 aliphatic carbocycles. The van der Waals surface area contributed by atoms with Crippen LogP contribution in [0.5, 0.6) is 5.75 Å². The first-order valence-corrected chi connectivity index (χ1v) is 7.32. The predicted molar refractivity (Wildman–Crippen MR) is 71.3 cm³/mol. The maximum atomic E-state index is 6.41. The first kappa shape index (κ1) is 10.9. The van der Waals surface area contributed by atoms with E-state index in [2.05, 4.69) is 24.3 Å². The van der Waals surface area contributed by atoms with E-state index >= 15 is 0 Å². The molecule has 18 heavy (non-hydrogen) atoms. The van der Waals surface area contributed by atoms with Crippen molar-refractivity contribution in [2.75, 3.05) is 0 Å². The van der Waals surface area contributed by atoms with Crippen molar-refractivity contribution in [1.29, 1.82) is 0 Å². The van der Waals surface area contributed by atoms with Gasteiger partial charge >= 0.3 is 0 Å². The van der Waals surface area contributed by atoms with Crippen LogP contribution in [0.3, 0.4) is 0 Å². The molecule has 96 valence electrons. The summed E-state index contributed by atoms with van der Waals surface area (Å²) in [6, 6.07) is 8.72. The minimum atomic E-state index is 0.229. The van der Waals surface area contributed by atoms with E-state index in [1.54, 1.807) is 0 Å². The Morgan fingerprint density at radius 2 is 1.67 bits per heavy atom. The molecular formula is C16H21NO. The molecule has 3 atom stereocenters. The van der Waals surface area contributed by atoms with Gasteiger partial charge in [0.05, 0.1) is 6.10 Å². The van der Waals surface area contributed by atoms with E-state index in [0.29, 0.717) is 12.0 Å². The van der Waals surface area contributed by atoms with Crippen molar-refractivity contribution in [2.24, 2.45) is 23.5 Å². The summed E-state index contributed by atoms with van der Waals surface area (Å²) in [5.41, 5.74) is 7.69. The number of hydrogen-bond acceptors (Lipinski definition) is 2. The Hall–Kier alpha value is -1.02. The maximum absolute atomic E-state index is 6.41. The zero-order chi connectivity index (χ0) is 12.1. The van der Waals surface area contributed by atoms with E-state index in [1.807, 2.05) is 0 Å². The molecule has 3 aliphatic rings. The fraction of sp³-hybridized carbons (Fsp3) is 0.625. The molecule has 3 unspecified atom stereocenters. The summed E-state index contributed by atoms with van der Waals surface area (Å²) in [4.78, 5) is 0. The van der Waals surface area contributed by atoms with Crippen molar-refractivity contribution < 1.29 is 4.74 Å². The molecule has 2 nitrogen and oxygen atoms in total. The Kier molecular flexibility index (Phi) is 2.41. The van der Waals surface area contributed by atoms with Crippen LogP contribution in [0.4, 0.5) is 0 Å². The van der Waals surface area contributed by atoms with Crippen molar-refractivity contribution >= 4 is 0 Å². The minimum absolute atomic E-state index is 0.229. The average molecular weight is 243 g/mol. The maximum Gasteiger partial charge on any atom is 0.119 e. The zero-order valence-corrected chi connectivity index (χ0v) is 10.7. The van der Waals surface area contributed by atoms with Crippen LogP contribution < -0.4 is 10.5 Å². The van der Waals surface area contributed by atoms with E-state index in [1.165, 1.54) is 37.7 Å². The highest BCUT2D eigenvalue weighted by molar-refractivity contribution is 5.30. The summed E-state index contributed by atoms with van der Waals surface area (Å²) < 4.78 is 5.77. The van der Waals surface area contributed by atoms with E-state index in [4.69, 9.17) is 10.5 Å². The SMILES string of the molecule is NC(c1ccc(OC2CC2)cc1)C1CC2CC2C1. The number of ether oxygens (including phenoxy) is 1. The fourth-order valence-corrected chi connectivity index (χ4v) is 3.47. The lowest BCUT2D eigenvalue weighted by Crippen LogP contribution is -2.20. The molecule has 0 saturated heterocycles. The Morgan fingerprint density at radius 3 is 2.28 bits per heavy atom. The first-order chi connectivity index (χ1) is 8.79. The lowest BCUT2D eigenvalue weighted by molar-refractivity contribution is 0.303. The van der Waals surface area contributed by atoms with Gasteiger partial charge < -0.3 is 10.5 Å². The van der Waals surface area contributed by atoms with Crippen molar-refractivity contribution in [2.45, 2.75) is 44.2 Å². The quantitative estimate of drug-likeness (QED) is 0.880. The van der Waals surface area contributed by atoms with Crippen LogP contribution in [-0.2, 0) is 0 Å². The molecule has 2 N–H and O–H groups in total. The fourth-order valence-electron chi connectivity index (χ4n) is 3.47. The predicted octanol–water partition coefficient (Wildman–Crippen LogP) is 3.27. The van der Waals surface area contributed by atoms with Gasteiger partial charge in [-0.15, -0.1) is 0 Å². The lowest BCUT2D eigenvalue weighted by atomic mass is 9.90. The van der Waals surface area contributed by atoms with E-state index in [-0.39, 0.29) is 6.04 Å². The van der Waals surface area contributed by atoms with E-state index in [0.717, 1.165) is 17.6 Å². The van der Waals surface area contributed by atoms with E-state index in [9.17, 15) is 0 Å². The van der Waals surface area contributed by atoms with Crippen molar-refractivity contribution in [3.8, 4) is 5.75 Å². The molecule has 2 heteroatoms. The van der Waals surface area contributed by atoms with Gasteiger partial charge in [-0.05, 0) is 67.6 Å². The zero-order valence-electron chi connectivity index (χ0n) is 10.7. The normalized spacial score (nSPS) is 35.1. The summed E-state index contributed by atoms with van der Waals surface area (Å²) in [5.74, 6) is 3.74. The van der Waals surface area contributed by atoms with Crippen LogP contribution in [0.15, 0.2) is 24.3 Å². The summed E-state index contributed by atoms with van der Waals surface area (Å²) in [7, 11) is 0. The van der Waals surface area contributed by atoms with Crippen LogP contribution >= 0.6 is 0 Å². The third-order valence-electron chi connectivity index (χ3n) is 4.88. The van der Waals surface area contributed by atoms with Crippen molar-refractivity contribution in [3.63, 3.8) is 0 Å². The van der Waals surface area contributed by atoms with Gasteiger partial charge in [-0.25, -0.2) is 0 Å². The number of benzene rings is 1. The Morgan fingerprint density at radius 1 is 1.00 bits per heavy atom. The molecule has 0 bridgehead atoms. The van der Waals surface area contributed by atoms with Gasteiger partial charge in [-0.3, -0.25) is 0 Å². The molecule has 1 aromatic rings. The number of fused-ring (bicyclic) bond motifs is 1. The number of nitrogens with two attached hydrogens (primary N) is 1. The minimum Gasteiger partial charge on any atom is -0.490 e. The highest BCUT2D eigenvalue weighted by Crippen LogP contribution is 2.56. The van der Waals surface area contributed by atoms with Gasteiger partial charge in [0.2, 0.25) is 0 Å². The van der Waals surface area contributed by atoms with Gasteiger partial charge in [0, 0.05) is 6.04 Å².